The van der Waals surface area contributed by atoms with E-state index in [-0.39, 0.29) is 10.1 Å². The monoisotopic (exact) mass is 546 g/mol. The van der Waals surface area contributed by atoms with Gasteiger partial charge in [0.2, 0.25) is 0 Å². The molecule has 0 aliphatic rings. The van der Waals surface area contributed by atoms with Gasteiger partial charge < -0.3 is 8.85 Å². The zero-order chi connectivity index (χ0) is 28.0. The van der Waals surface area contributed by atoms with Crippen molar-refractivity contribution in [1.82, 2.24) is 0 Å². The Balaban J connectivity index is 1.90. The lowest BCUT2D eigenvalue weighted by Gasteiger charge is -2.43. The van der Waals surface area contributed by atoms with Gasteiger partial charge >= 0.3 is 0 Å². The third-order valence-corrected chi connectivity index (χ3v) is 18.1. The van der Waals surface area contributed by atoms with Crippen LogP contribution in [0.25, 0.3) is 0 Å². The van der Waals surface area contributed by atoms with Gasteiger partial charge in [-0.3, -0.25) is 0 Å². The Labute approximate surface area is 235 Å². The van der Waals surface area contributed by atoms with Crippen LogP contribution in [0.15, 0.2) is 91.0 Å². The van der Waals surface area contributed by atoms with E-state index in [9.17, 15) is 0 Å². The summed E-state index contributed by atoms with van der Waals surface area (Å²) in [5.74, 6) is 0.772. The molecule has 0 heterocycles. The Kier molecular flexibility index (Phi) is 10.0. The highest BCUT2D eigenvalue weighted by Crippen LogP contribution is 2.39. The predicted molar refractivity (Wildman–Crippen MR) is 170 cm³/mol. The van der Waals surface area contributed by atoms with E-state index in [2.05, 4.69) is 153 Å². The molecule has 0 aliphatic carbocycles. The van der Waals surface area contributed by atoms with Crippen molar-refractivity contribution in [3.8, 4) is 0 Å². The molecule has 0 saturated carbocycles. The van der Waals surface area contributed by atoms with Crippen LogP contribution in [-0.4, -0.2) is 29.8 Å². The Hall–Kier alpha value is -1.99. The van der Waals surface area contributed by atoms with Gasteiger partial charge in [0.05, 0.1) is 0 Å². The molecule has 38 heavy (non-hydrogen) atoms. The van der Waals surface area contributed by atoms with Gasteiger partial charge in [-0.2, -0.15) is 0 Å². The third kappa shape index (κ3) is 6.95. The highest BCUT2D eigenvalue weighted by molar-refractivity contribution is 6.99. The van der Waals surface area contributed by atoms with E-state index in [1.165, 1.54) is 15.9 Å². The second-order valence-corrected chi connectivity index (χ2v) is 22.5. The van der Waals surface area contributed by atoms with Gasteiger partial charge in [0.1, 0.15) is 0 Å². The predicted octanol–water partition coefficient (Wildman–Crippen LogP) is 8.39. The number of rotatable bonds is 11. The van der Waals surface area contributed by atoms with Gasteiger partial charge in [0, 0.05) is 13.2 Å². The fourth-order valence-corrected chi connectivity index (χ4v) is 10.9. The number of hydrogen-bond donors (Lipinski definition) is 0. The van der Waals surface area contributed by atoms with Gasteiger partial charge in [0.15, 0.2) is 8.32 Å². The van der Waals surface area contributed by atoms with E-state index >= 15 is 0 Å². The summed E-state index contributed by atoms with van der Waals surface area (Å²) in [7, 11) is -4.36. The maximum absolute atomic E-state index is 7.27. The molecule has 0 bridgehead atoms. The highest BCUT2D eigenvalue weighted by Gasteiger charge is 2.50. The average Bonchev–Trinajstić information content (AvgIpc) is 2.88. The zero-order valence-corrected chi connectivity index (χ0v) is 27.3. The molecule has 0 fully saturated rings. The first-order valence-electron chi connectivity index (χ1n) is 14.2. The minimum absolute atomic E-state index is 0.0188. The summed E-state index contributed by atoms with van der Waals surface area (Å²) in [5.41, 5.74) is 1.38. The van der Waals surface area contributed by atoms with Crippen molar-refractivity contribution in [2.24, 2.45) is 5.92 Å². The summed E-state index contributed by atoms with van der Waals surface area (Å²) in [5, 5.41) is 2.87. The lowest BCUT2D eigenvalue weighted by atomic mass is 9.85. The summed E-state index contributed by atoms with van der Waals surface area (Å²) in [4.78, 5) is 0. The lowest BCUT2D eigenvalue weighted by molar-refractivity contribution is 0.197. The van der Waals surface area contributed by atoms with Crippen LogP contribution in [0.2, 0.25) is 23.2 Å². The molecule has 206 valence electrons. The normalized spacial score (nSPS) is 14.8. The molecule has 0 saturated heterocycles. The van der Waals surface area contributed by atoms with Crippen LogP contribution < -0.4 is 10.4 Å². The standard InChI is InChI=1S/C34H50O2Si2/c1-28(27-36-37(8,9)33(2,3)4)32(29-19-13-10-14-20-29)25-26-35-38(34(5,6)7,30-21-15-11-16-22-30)31-23-17-12-18-24-31/h10-24,28,32H,25-27H2,1-9H3/t28-,32+/m0/s1. The maximum Gasteiger partial charge on any atom is 0.261 e. The van der Waals surface area contributed by atoms with E-state index in [0.717, 1.165) is 19.6 Å². The summed E-state index contributed by atoms with van der Waals surface area (Å²) >= 11 is 0. The molecule has 2 atom stereocenters. The lowest BCUT2D eigenvalue weighted by Crippen LogP contribution is -2.66. The first kappa shape index (κ1) is 30.6. The van der Waals surface area contributed by atoms with Crippen molar-refractivity contribution in [3.63, 3.8) is 0 Å². The Bertz CT molecular complexity index is 1060. The van der Waals surface area contributed by atoms with Crippen molar-refractivity contribution >= 4 is 27.0 Å². The van der Waals surface area contributed by atoms with Crippen LogP contribution >= 0.6 is 0 Å². The molecule has 3 aromatic carbocycles. The van der Waals surface area contributed by atoms with Crippen LogP contribution in [-0.2, 0) is 8.85 Å². The zero-order valence-electron chi connectivity index (χ0n) is 25.3. The maximum atomic E-state index is 7.27. The quantitative estimate of drug-likeness (QED) is 0.225. The molecule has 0 amide bonds. The fraction of sp³-hybridized carbons (Fsp3) is 0.471. The van der Waals surface area contributed by atoms with Crippen LogP contribution in [0.3, 0.4) is 0 Å². The number of hydrogen-bond acceptors (Lipinski definition) is 2. The molecule has 0 unspecified atom stereocenters. The van der Waals surface area contributed by atoms with Gasteiger partial charge in [-0.25, -0.2) is 0 Å². The van der Waals surface area contributed by atoms with Crippen molar-refractivity contribution in [2.45, 2.75) is 84.0 Å². The van der Waals surface area contributed by atoms with Crippen molar-refractivity contribution in [3.05, 3.63) is 96.6 Å². The van der Waals surface area contributed by atoms with Gasteiger partial charge in [0.25, 0.3) is 8.32 Å². The average molecular weight is 547 g/mol. The molecular weight excluding hydrogens is 497 g/mol. The van der Waals surface area contributed by atoms with Crippen LogP contribution in [0.4, 0.5) is 0 Å². The SMILES string of the molecule is C[C@@H](CO[Si](C)(C)C(C)(C)C)[C@@H](CCO[Si](c1ccccc1)(c1ccccc1)C(C)(C)C)c1ccccc1. The molecular formula is C34H50O2Si2. The fourth-order valence-electron chi connectivity index (χ4n) is 5.25. The second kappa shape index (κ2) is 12.5. The summed E-state index contributed by atoms with van der Waals surface area (Å²) in [6, 6.07) is 32.9. The molecule has 0 N–H and O–H groups in total. The van der Waals surface area contributed by atoms with Crippen LogP contribution in [0.5, 0.6) is 0 Å². The summed E-state index contributed by atoms with van der Waals surface area (Å²) in [6.45, 7) is 22.6. The first-order valence-corrected chi connectivity index (χ1v) is 19.1. The largest absolute Gasteiger partial charge is 0.417 e. The Morgan fingerprint density at radius 3 is 1.50 bits per heavy atom. The first-order chi connectivity index (χ1) is 17.8. The molecule has 0 spiro atoms. The smallest absolute Gasteiger partial charge is 0.261 e. The molecule has 3 aromatic rings. The third-order valence-electron chi connectivity index (χ3n) is 8.59. The van der Waals surface area contributed by atoms with Crippen LogP contribution in [0.1, 0.15) is 66.4 Å². The highest BCUT2D eigenvalue weighted by atomic mass is 28.4. The Morgan fingerprint density at radius 1 is 0.632 bits per heavy atom. The number of benzene rings is 3. The van der Waals surface area contributed by atoms with Crippen molar-refractivity contribution in [2.75, 3.05) is 13.2 Å². The summed E-state index contributed by atoms with van der Waals surface area (Å²) in [6.07, 6.45) is 0.969. The topological polar surface area (TPSA) is 18.5 Å². The van der Waals surface area contributed by atoms with E-state index < -0.39 is 16.6 Å². The molecule has 4 heteroatoms. The van der Waals surface area contributed by atoms with E-state index in [4.69, 9.17) is 8.85 Å². The van der Waals surface area contributed by atoms with Gasteiger partial charge in [-0.1, -0.05) is 139 Å². The van der Waals surface area contributed by atoms with Gasteiger partial charge in [-0.05, 0) is 57.4 Å². The van der Waals surface area contributed by atoms with E-state index in [0.29, 0.717) is 11.8 Å². The molecule has 0 aliphatic heterocycles. The molecule has 2 nitrogen and oxygen atoms in total. The molecule has 3 rings (SSSR count). The molecule has 0 aromatic heterocycles. The van der Waals surface area contributed by atoms with Gasteiger partial charge in [-0.15, -0.1) is 0 Å². The second-order valence-electron chi connectivity index (χ2n) is 13.4. The van der Waals surface area contributed by atoms with Crippen molar-refractivity contribution < 1.29 is 8.85 Å². The van der Waals surface area contributed by atoms with Crippen molar-refractivity contribution in [1.29, 1.82) is 0 Å². The minimum Gasteiger partial charge on any atom is -0.417 e. The van der Waals surface area contributed by atoms with Crippen LogP contribution in [0, 0.1) is 5.92 Å². The minimum atomic E-state index is -2.55. The van der Waals surface area contributed by atoms with E-state index in [1.54, 1.807) is 0 Å². The Morgan fingerprint density at radius 2 is 1.08 bits per heavy atom. The van der Waals surface area contributed by atoms with E-state index in [1.807, 2.05) is 0 Å². The molecule has 0 radical (unpaired) electrons. The summed E-state index contributed by atoms with van der Waals surface area (Å²) < 4.78 is 14.0.